The van der Waals surface area contributed by atoms with E-state index in [-0.39, 0.29) is 0 Å². The van der Waals surface area contributed by atoms with Crippen LogP contribution >= 0.6 is 0 Å². The Hall–Kier alpha value is -1.68. The van der Waals surface area contributed by atoms with Crippen LogP contribution < -0.4 is 5.32 Å². The molecule has 21 heavy (non-hydrogen) atoms. The maximum absolute atomic E-state index is 4.76. The van der Waals surface area contributed by atoms with E-state index in [1.165, 1.54) is 24.2 Å². The number of nitrogens with zero attached hydrogens (tertiary/aromatic N) is 3. The Labute approximate surface area is 126 Å². The summed E-state index contributed by atoms with van der Waals surface area (Å²) in [4.78, 5) is 9.32. The first-order chi connectivity index (χ1) is 10.4. The Balaban J connectivity index is 1.70. The molecule has 112 valence electrons. The number of rotatable bonds is 6. The molecule has 0 radical (unpaired) electrons. The molecule has 0 unspecified atom stereocenters. The van der Waals surface area contributed by atoms with E-state index in [4.69, 9.17) is 4.98 Å². The molecule has 2 aromatic heterocycles. The third-order valence-corrected chi connectivity index (χ3v) is 4.04. The number of aromatic nitrogens is 3. The lowest BCUT2D eigenvalue weighted by molar-refractivity contribution is 0.621. The summed E-state index contributed by atoms with van der Waals surface area (Å²) in [6.45, 7) is 4.91. The molecule has 4 heteroatoms. The van der Waals surface area contributed by atoms with Crippen LogP contribution in [0.4, 0.5) is 0 Å². The molecular formula is C17H24N4. The summed E-state index contributed by atoms with van der Waals surface area (Å²) >= 11 is 0. The maximum atomic E-state index is 4.76. The molecule has 0 bridgehead atoms. The zero-order valence-electron chi connectivity index (χ0n) is 12.8. The van der Waals surface area contributed by atoms with Crippen molar-refractivity contribution in [3.8, 4) is 0 Å². The van der Waals surface area contributed by atoms with Gasteiger partial charge >= 0.3 is 0 Å². The van der Waals surface area contributed by atoms with Crippen LogP contribution in [0.15, 0.2) is 24.5 Å². The third-order valence-electron chi connectivity index (χ3n) is 4.04. The van der Waals surface area contributed by atoms with Crippen molar-refractivity contribution in [2.45, 2.75) is 52.1 Å². The van der Waals surface area contributed by atoms with Crippen LogP contribution in [0.3, 0.4) is 0 Å². The molecule has 0 fully saturated rings. The largest absolute Gasteiger partial charge is 0.328 e. The highest BCUT2D eigenvalue weighted by atomic mass is 15.1. The minimum atomic E-state index is 0.837. The van der Waals surface area contributed by atoms with Gasteiger partial charge in [0.15, 0.2) is 0 Å². The van der Waals surface area contributed by atoms with Crippen molar-refractivity contribution < 1.29 is 0 Å². The van der Waals surface area contributed by atoms with Crippen LogP contribution in [-0.4, -0.2) is 21.1 Å². The number of hydrogen-bond donors (Lipinski definition) is 1. The Morgan fingerprint density at radius 3 is 2.95 bits per heavy atom. The average molecular weight is 284 g/mol. The summed E-state index contributed by atoms with van der Waals surface area (Å²) in [5, 5.41) is 3.41. The van der Waals surface area contributed by atoms with E-state index < -0.39 is 0 Å². The summed E-state index contributed by atoms with van der Waals surface area (Å²) < 4.78 is 2.28. The minimum absolute atomic E-state index is 0.837. The number of nitrogens with one attached hydrogen (secondary N) is 1. The number of imidazole rings is 1. The number of hydrogen-bond acceptors (Lipinski definition) is 3. The molecule has 0 saturated heterocycles. The fourth-order valence-corrected chi connectivity index (χ4v) is 2.95. The molecule has 2 aromatic rings. The normalized spacial score (nSPS) is 14.1. The molecule has 0 aromatic carbocycles. The molecule has 3 rings (SSSR count). The van der Waals surface area contributed by atoms with Gasteiger partial charge in [0.1, 0.15) is 0 Å². The molecule has 0 aliphatic heterocycles. The molecule has 1 aliphatic rings. The molecule has 4 nitrogen and oxygen atoms in total. The van der Waals surface area contributed by atoms with Crippen LogP contribution in [0.25, 0.3) is 0 Å². The summed E-state index contributed by atoms with van der Waals surface area (Å²) in [6, 6.07) is 6.31. The van der Waals surface area contributed by atoms with Crippen LogP contribution in [-0.2, 0) is 25.9 Å². The van der Waals surface area contributed by atoms with Crippen LogP contribution in [0, 0.1) is 0 Å². The average Bonchev–Trinajstić information content (AvgIpc) is 2.91. The van der Waals surface area contributed by atoms with Crippen molar-refractivity contribution in [1.82, 2.24) is 19.9 Å². The number of aryl methyl sites for hydroxylation is 1. The van der Waals surface area contributed by atoms with Crippen LogP contribution in [0.2, 0.25) is 0 Å². The van der Waals surface area contributed by atoms with E-state index in [1.807, 2.05) is 6.33 Å². The Morgan fingerprint density at radius 1 is 1.19 bits per heavy atom. The van der Waals surface area contributed by atoms with Crippen LogP contribution in [0.1, 0.15) is 49.0 Å². The van der Waals surface area contributed by atoms with Crippen molar-refractivity contribution in [2.75, 3.05) is 6.54 Å². The van der Waals surface area contributed by atoms with Crippen molar-refractivity contribution in [1.29, 1.82) is 0 Å². The van der Waals surface area contributed by atoms with E-state index in [0.717, 1.165) is 50.3 Å². The second-order valence-corrected chi connectivity index (χ2v) is 5.77. The highest BCUT2D eigenvalue weighted by Crippen LogP contribution is 2.20. The van der Waals surface area contributed by atoms with Gasteiger partial charge in [-0.25, -0.2) is 4.98 Å². The molecular weight excluding hydrogens is 260 g/mol. The molecule has 0 amide bonds. The summed E-state index contributed by atoms with van der Waals surface area (Å²) in [5.74, 6) is 0. The van der Waals surface area contributed by atoms with Crippen molar-refractivity contribution in [3.63, 3.8) is 0 Å². The lowest BCUT2D eigenvalue weighted by Gasteiger charge is -2.14. The first kappa shape index (κ1) is 14.3. The minimum Gasteiger partial charge on any atom is -0.328 e. The van der Waals surface area contributed by atoms with E-state index in [9.17, 15) is 0 Å². The van der Waals surface area contributed by atoms with Crippen LogP contribution in [0.5, 0.6) is 0 Å². The molecule has 1 N–H and O–H groups in total. The zero-order valence-corrected chi connectivity index (χ0v) is 12.8. The van der Waals surface area contributed by atoms with Gasteiger partial charge in [0, 0.05) is 12.2 Å². The summed E-state index contributed by atoms with van der Waals surface area (Å²) in [6.07, 6.45) is 8.00. The first-order valence-electron chi connectivity index (χ1n) is 8.05. The maximum Gasteiger partial charge on any atom is 0.0955 e. The van der Waals surface area contributed by atoms with E-state index in [0.29, 0.717) is 0 Å². The predicted molar refractivity (Wildman–Crippen MR) is 84.2 cm³/mol. The van der Waals surface area contributed by atoms with Crippen molar-refractivity contribution in [3.05, 3.63) is 47.3 Å². The fourth-order valence-electron chi connectivity index (χ4n) is 2.95. The Morgan fingerprint density at radius 2 is 2.05 bits per heavy atom. The van der Waals surface area contributed by atoms with Gasteiger partial charge in [-0.05, 0) is 50.8 Å². The topological polar surface area (TPSA) is 42.7 Å². The smallest absolute Gasteiger partial charge is 0.0955 e. The first-order valence-corrected chi connectivity index (χ1v) is 8.05. The monoisotopic (exact) mass is 284 g/mol. The zero-order chi connectivity index (χ0) is 14.5. The lowest BCUT2D eigenvalue weighted by atomic mass is 10.0. The third kappa shape index (κ3) is 3.50. The Bertz CT molecular complexity index is 588. The molecule has 0 atom stereocenters. The van der Waals surface area contributed by atoms with E-state index in [1.54, 1.807) is 0 Å². The number of pyridine rings is 1. The lowest BCUT2D eigenvalue weighted by Crippen LogP contribution is -2.15. The van der Waals surface area contributed by atoms with Gasteiger partial charge in [0.2, 0.25) is 0 Å². The SMILES string of the molecule is CCCNCc1cccc(Cn2cnc3c2CCCC3)n1. The van der Waals surface area contributed by atoms with Crippen molar-refractivity contribution >= 4 is 0 Å². The van der Waals surface area contributed by atoms with Gasteiger partial charge in [-0.1, -0.05) is 13.0 Å². The van der Waals surface area contributed by atoms with Gasteiger partial charge < -0.3 is 9.88 Å². The van der Waals surface area contributed by atoms with Gasteiger partial charge in [-0.2, -0.15) is 0 Å². The second kappa shape index (κ2) is 6.85. The number of fused-ring (bicyclic) bond motifs is 1. The quantitative estimate of drug-likeness (QED) is 0.829. The molecule has 0 spiro atoms. The van der Waals surface area contributed by atoms with E-state index >= 15 is 0 Å². The molecule has 1 aliphatic carbocycles. The highest BCUT2D eigenvalue weighted by Gasteiger charge is 2.15. The van der Waals surface area contributed by atoms with Gasteiger partial charge in [0.05, 0.1) is 30.0 Å². The van der Waals surface area contributed by atoms with Gasteiger partial charge in [-0.3, -0.25) is 4.98 Å². The standard InChI is InChI=1S/C17H24N4/c1-2-10-18-11-14-6-5-7-15(20-14)12-21-13-19-16-8-3-4-9-17(16)21/h5-7,13,18H,2-4,8-12H2,1H3. The fraction of sp³-hybridized carbons (Fsp3) is 0.529. The molecule has 0 saturated carbocycles. The Kier molecular flexibility index (Phi) is 4.65. The van der Waals surface area contributed by atoms with Gasteiger partial charge in [0.25, 0.3) is 0 Å². The predicted octanol–water partition coefficient (Wildman–Crippen LogP) is 2.70. The van der Waals surface area contributed by atoms with Crippen molar-refractivity contribution in [2.24, 2.45) is 0 Å². The highest BCUT2D eigenvalue weighted by molar-refractivity contribution is 5.19. The molecule has 2 heterocycles. The summed E-state index contributed by atoms with van der Waals surface area (Å²) in [7, 11) is 0. The van der Waals surface area contributed by atoms with E-state index in [2.05, 4.69) is 40.0 Å². The second-order valence-electron chi connectivity index (χ2n) is 5.77. The summed E-state index contributed by atoms with van der Waals surface area (Å²) in [5.41, 5.74) is 4.95. The van der Waals surface area contributed by atoms with Gasteiger partial charge in [-0.15, -0.1) is 0 Å².